The summed E-state index contributed by atoms with van der Waals surface area (Å²) in [7, 11) is 0. The number of imidazole rings is 1. The molecule has 1 aliphatic rings. The maximum atomic E-state index is 10.5. The Morgan fingerprint density at radius 3 is 3.18 bits per heavy atom. The Bertz CT molecular complexity index is 273. The van der Waals surface area contributed by atoms with Crippen molar-refractivity contribution in [1.29, 1.82) is 0 Å². The highest BCUT2D eigenvalue weighted by molar-refractivity contribution is 5.65. The maximum Gasteiger partial charge on any atom is 0.408 e. The highest BCUT2D eigenvalue weighted by Gasteiger charge is 2.24. The number of aromatic nitrogens is 2. The predicted molar refractivity (Wildman–Crippen MR) is 35.9 cm³/mol. The highest BCUT2D eigenvalue weighted by atomic mass is 16.4. The van der Waals surface area contributed by atoms with Crippen LogP contribution in [0.25, 0.3) is 0 Å². The molecule has 11 heavy (non-hydrogen) atoms. The highest BCUT2D eigenvalue weighted by Crippen LogP contribution is 2.17. The minimum absolute atomic E-state index is 0.411. The third-order valence-corrected chi connectivity index (χ3v) is 1.77. The maximum absolute atomic E-state index is 10.5. The van der Waals surface area contributed by atoms with Crippen molar-refractivity contribution in [3.05, 3.63) is 17.7 Å². The van der Waals surface area contributed by atoms with E-state index in [0.29, 0.717) is 13.1 Å². The van der Waals surface area contributed by atoms with E-state index in [2.05, 4.69) is 9.97 Å². The lowest BCUT2D eigenvalue weighted by atomic mass is 10.4. The van der Waals surface area contributed by atoms with Crippen molar-refractivity contribution in [2.24, 2.45) is 0 Å². The summed E-state index contributed by atoms with van der Waals surface area (Å²) in [6, 6.07) is 0. The molecule has 5 nitrogen and oxygen atoms in total. The number of amides is 1. The number of rotatable bonds is 0. The first-order chi connectivity index (χ1) is 5.27. The number of carbonyl (C=O) groups is 1. The number of carboxylic acid groups (broad SMARTS) is 1. The number of aromatic amines is 1. The van der Waals surface area contributed by atoms with Crippen LogP contribution in [0.1, 0.15) is 11.4 Å². The summed E-state index contributed by atoms with van der Waals surface area (Å²) in [5.74, 6) is 0. The van der Waals surface area contributed by atoms with Gasteiger partial charge in [-0.3, -0.25) is 4.90 Å². The fourth-order valence-corrected chi connectivity index (χ4v) is 1.19. The van der Waals surface area contributed by atoms with Gasteiger partial charge in [-0.05, 0) is 0 Å². The fraction of sp³-hybridized carbons (Fsp3) is 0.333. The molecule has 0 saturated heterocycles. The summed E-state index contributed by atoms with van der Waals surface area (Å²) in [4.78, 5) is 18.6. The van der Waals surface area contributed by atoms with Crippen molar-refractivity contribution in [1.82, 2.24) is 14.9 Å². The lowest BCUT2D eigenvalue weighted by Crippen LogP contribution is -2.23. The molecule has 2 rings (SSSR count). The van der Waals surface area contributed by atoms with Crippen LogP contribution in [0.5, 0.6) is 0 Å². The molecule has 5 heteroatoms. The second-order valence-corrected chi connectivity index (χ2v) is 2.47. The Hall–Kier alpha value is -1.52. The van der Waals surface area contributed by atoms with Crippen molar-refractivity contribution in [3.8, 4) is 0 Å². The van der Waals surface area contributed by atoms with Crippen LogP contribution in [0.2, 0.25) is 0 Å². The summed E-state index contributed by atoms with van der Waals surface area (Å²) in [6.45, 7) is 0.846. The van der Waals surface area contributed by atoms with Gasteiger partial charge < -0.3 is 10.1 Å². The molecule has 0 unspecified atom stereocenters. The number of nitrogens with zero attached hydrogens (tertiary/aromatic N) is 2. The van der Waals surface area contributed by atoms with E-state index < -0.39 is 6.09 Å². The summed E-state index contributed by atoms with van der Waals surface area (Å²) in [6.07, 6.45) is 0.695. The molecule has 1 amide bonds. The summed E-state index contributed by atoms with van der Waals surface area (Å²) in [5.41, 5.74) is 1.75. The van der Waals surface area contributed by atoms with Gasteiger partial charge in [0.2, 0.25) is 0 Å². The lowest BCUT2D eigenvalue weighted by molar-refractivity contribution is 0.144. The van der Waals surface area contributed by atoms with E-state index in [-0.39, 0.29) is 0 Å². The normalized spacial score (nSPS) is 15.1. The largest absolute Gasteiger partial charge is 0.465 e. The van der Waals surface area contributed by atoms with Crippen molar-refractivity contribution in [3.63, 3.8) is 0 Å². The second-order valence-electron chi connectivity index (χ2n) is 2.47. The smallest absolute Gasteiger partial charge is 0.408 e. The van der Waals surface area contributed by atoms with Gasteiger partial charge in [0.15, 0.2) is 0 Å². The molecule has 0 aromatic carbocycles. The van der Waals surface area contributed by atoms with Crippen LogP contribution in [0.15, 0.2) is 6.33 Å². The molecule has 0 fully saturated rings. The van der Waals surface area contributed by atoms with Gasteiger partial charge in [0, 0.05) is 0 Å². The molecule has 0 radical (unpaired) electrons. The molecular weight excluding hydrogens is 146 g/mol. The average molecular weight is 153 g/mol. The summed E-state index contributed by atoms with van der Waals surface area (Å²) < 4.78 is 0. The Balaban J connectivity index is 2.22. The number of fused-ring (bicyclic) bond motifs is 1. The van der Waals surface area contributed by atoms with Crippen LogP contribution in [0.4, 0.5) is 4.79 Å². The van der Waals surface area contributed by atoms with Gasteiger partial charge in [0.05, 0.1) is 30.8 Å². The minimum Gasteiger partial charge on any atom is -0.465 e. The molecule has 0 atom stereocenters. The van der Waals surface area contributed by atoms with Gasteiger partial charge in [-0.2, -0.15) is 0 Å². The van der Waals surface area contributed by atoms with E-state index >= 15 is 0 Å². The molecular formula is C6H7N3O2. The SMILES string of the molecule is O=C(O)N1Cc2nc[nH]c2C1. The summed E-state index contributed by atoms with van der Waals surface area (Å²) >= 11 is 0. The molecule has 1 aromatic rings. The van der Waals surface area contributed by atoms with E-state index in [9.17, 15) is 4.79 Å². The fourth-order valence-electron chi connectivity index (χ4n) is 1.19. The van der Waals surface area contributed by atoms with Crippen LogP contribution in [-0.4, -0.2) is 26.1 Å². The zero-order valence-electron chi connectivity index (χ0n) is 5.74. The Labute approximate surface area is 62.7 Å². The third-order valence-electron chi connectivity index (χ3n) is 1.77. The van der Waals surface area contributed by atoms with Gasteiger partial charge in [-0.25, -0.2) is 9.78 Å². The predicted octanol–water partition coefficient (Wildman–Crippen LogP) is 0.403. The van der Waals surface area contributed by atoms with E-state index in [1.807, 2.05) is 0 Å². The number of hydrogen-bond acceptors (Lipinski definition) is 2. The van der Waals surface area contributed by atoms with Gasteiger partial charge in [0.25, 0.3) is 0 Å². The third kappa shape index (κ3) is 0.849. The quantitative estimate of drug-likeness (QED) is 0.567. The molecule has 2 N–H and O–H groups in total. The molecule has 0 bridgehead atoms. The second kappa shape index (κ2) is 1.98. The summed E-state index contributed by atoms with van der Waals surface area (Å²) in [5, 5.41) is 8.59. The Morgan fingerprint density at radius 1 is 1.73 bits per heavy atom. The van der Waals surface area contributed by atoms with Gasteiger partial charge in [-0.1, -0.05) is 0 Å². The van der Waals surface area contributed by atoms with Crippen LogP contribution >= 0.6 is 0 Å². The zero-order valence-corrected chi connectivity index (χ0v) is 5.74. The monoisotopic (exact) mass is 153 g/mol. The molecule has 1 aromatic heterocycles. The van der Waals surface area contributed by atoms with Crippen LogP contribution in [0.3, 0.4) is 0 Å². The Kier molecular flexibility index (Phi) is 1.12. The van der Waals surface area contributed by atoms with Crippen molar-refractivity contribution in [2.75, 3.05) is 0 Å². The van der Waals surface area contributed by atoms with E-state index in [1.165, 1.54) is 4.90 Å². The molecule has 1 aliphatic heterocycles. The van der Waals surface area contributed by atoms with Crippen molar-refractivity contribution in [2.45, 2.75) is 13.1 Å². The standard InChI is InChI=1S/C6H7N3O2/c10-6(11)9-1-4-5(2-9)8-3-7-4/h3H,1-2H2,(H,7,8)(H,10,11). The van der Waals surface area contributed by atoms with Crippen LogP contribution in [-0.2, 0) is 13.1 Å². The molecule has 0 saturated carbocycles. The lowest BCUT2D eigenvalue weighted by Gasteiger charge is -2.08. The molecule has 0 spiro atoms. The van der Waals surface area contributed by atoms with Crippen LogP contribution < -0.4 is 0 Å². The van der Waals surface area contributed by atoms with E-state index in [0.717, 1.165) is 11.4 Å². The van der Waals surface area contributed by atoms with Crippen LogP contribution in [0, 0.1) is 0 Å². The molecule has 58 valence electrons. The number of H-pyrrole nitrogens is 1. The Morgan fingerprint density at radius 2 is 2.55 bits per heavy atom. The minimum atomic E-state index is -0.892. The van der Waals surface area contributed by atoms with Gasteiger partial charge >= 0.3 is 6.09 Å². The molecule has 2 heterocycles. The topological polar surface area (TPSA) is 69.2 Å². The van der Waals surface area contributed by atoms with E-state index in [4.69, 9.17) is 5.11 Å². The first-order valence-corrected chi connectivity index (χ1v) is 3.26. The van der Waals surface area contributed by atoms with Crippen molar-refractivity contribution >= 4 is 6.09 Å². The van der Waals surface area contributed by atoms with E-state index in [1.54, 1.807) is 6.33 Å². The zero-order chi connectivity index (χ0) is 7.84. The van der Waals surface area contributed by atoms with Crippen molar-refractivity contribution < 1.29 is 9.90 Å². The first-order valence-electron chi connectivity index (χ1n) is 3.26. The number of nitrogens with one attached hydrogen (secondary N) is 1. The van der Waals surface area contributed by atoms with Gasteiger partial charge in [0.1, 0.15) is 0 Å². The molecule has 0 aliphatic carbocycles. The average Bonchev–Trinajstić information content (AvgIpc) is 2.40. The first kappa shape index (κ1) is 6.21. The van der Waals surface area contributed by atoms with Gasteiger partial charge in [-0.15, -0.1) is 0 Å². The number of hydrogen-bond donors (Lipinski definition) is 2.